The van der Waals surface area contributed by atoms with Crippen molar-refractivity contribution in [2.45, 2.75) is 40.0 Å². The lowest BCUT2D eigenvalue weighted by Gasteiger charge is -2.15. The first kappa shape index (κ1) is 16.2. The van der Waals surface area contributed by atoms with Gasteiger partial charge in [-0.25, -0.2) is 4.68 Å². The molecule has 0 amide bonds. The van der Waals surface area contributed by atoms with E-state index in [1.54, 1.807) is 4.68 Å². The van der Waals surface area contributed by atoms with Crippen LogP contribution in [0, 0.1) is 0 Å². The van der Waals surface area contributed by atoms with Gasteiger partial charge < -0.3 is 10.1 Å². The predicted molar refractivity (Wildman–Crippen MR) is 88.4 cm³/mol. The van der Waals surface area contributed by atoms with Crippen molar-refractivity contribution in [3.05, 3.63) is 26.6 Å². The summed E-state index contributed by atoms with van der Waals surface area (Å²) in [5, 5.41) is 14.7. The first-order valence-electron chi connectivity index (χ1n) is 6.65. The maximum Gasteiger partial charge on any atom is 0.243 e. The van der Waals surface area contributed by atoms with Crippen molar-refractivity contribution < 1.29 is 4.74 Å². The topological polar surface area (TPSA) is 64.9 Å². The molecule has 0 saturated carbocycles. The third-order valence-electron chi connectivity index (χ3n) is 2.69. The first-order valence-corrected chi connectivity index (χ1v) is 8.24. The lowest BCUT2D eigenvalue weighted by atomic mass is 10.2. The van der Waals surface area contributed by atoms with E-state index in [9.17, 15) is 0 Å². The van der Waals surface area contributed by atoms with Crippen molar-refractivity contribution >= 4 is 37.8 Å². The molecule has 1 aromatic carbocycles. The Morgan fingerprint density at radius 2 is 1.95 bits per heavy atom. The van der Waals surface area contributed by atoms with Crippen LogP contribution in [0.5, 0.6) is 5.75 Å². The van der Waals surface area contributed by atoms with Crippen LogP contribution < -0.4 is 10.1 Å². The second-order valence-electron chi connectivity index (χ2n) is 4.73. The summed E-state index contributed by atoms with van der Waals surface area (Å²) in [7, 11) is 0. The number of rotatable bonds is 6. The van der Waals surface area contributed by atoms with E-state index in [1.165, 1.54) is 0 Å². The van der Waals surface area contributed by atoms with Gasteiger partial charge in [0.1, 0.15) is 5.75 Å². The number of ether oxygens (including phenoxy) is 1. The lowest BCUT2D eigenvalue weighted by molar-refractivity contribution is 0.239. The molecule has 21 heavy (non-hydrogen) atoms. The van der Waals surface area contributed by atoms with E-state index in [0.717, 1.165) is 26.8 Å². The van der Waals surface area contributed by atoms with Gasteiger partial charge in [0, 0.05) is 13.1 Å². The largest absolute Gasteiger partial charge is 0.489 e. The highest BCUT2D eigenvalue weighted by Crippen LogP contribution is 2.35. The van der Waals surface area contributed by atoms with Crippen LogP contribution in [0.4, 0.5) is 5.95 Å². The number of aryl methyl sites for hydroxylation is 1. The molecule has 2 aromatic rings. The third-order valence-corrected chi connectivity index (χ3v) is 3.87. The van der Waals surface area contributed by atoms with Crippen LogP contribution in [0.2, 0.25) is 0 Å². The smallest absolute Gasteiger partial charge is 0.243 e. The fraction of sp³-hybridized carbons (Fsp3) is 0.462. The van der Waals surface area contributed by atoms with Gasteiger partial charge in [-0.3, -0.25) is 0 Å². The molecule has 0 spiro atoms. The Balaban J connectivity index is 2.11. The molecule has 6 nitrogen and oxygen atoms in total. The molecule has 1 N–H and O–H groups in total. The van der Waals surface area contributed by atoms with E-state index in [-0.39, 0.29) is 6.10 Å². The quantitative estimate of drug-likeness (QED) is 0.775. The molecule has 1 aromatic heterocycles. The zero-order chi connectivity index (χ0) is 15.4. The number of halogens is 2. The number of benzene rings is 1. The van der Waals surface area contributed by atoms with Gasteiger partial charge in [0.15, 0.2) is 0 Å². The third kappa shape index (κ3) is 4.16. The van der Waals surface area contributed by atoms with E-state index in [0.29, 0.717) is 12.5 Å². The van der Waals surface area contributed by atoms with Gasteiger partial charge in [-0.15, -0.1) is 0 Å². The molecule has 0 unspecified atom stereocenters. The Labute approximate surface area is 140 Å². The maximum absolute atomic E-state index is 5.77. The van der Waals surface area contributed by atoms with Gasteiger partial charge in [0.25, 0.3) is 0 Å². The number of nitrogens with zero attached hydrogens (tertiary/aromatic N) is 4. The Morgan fingerprint density at radius 3 is 2.52 bits per heavy atom. The van der Waals surface area contributed by atoms with Crippen LogP contribution in [0.1, 0.15) is 26.3 Å². The predicted octanol–water partition coefficient (Wildman–Crippen LogP) is 3.62. The van der Waals surface area contributed by atoms with Gasteiger partial charge in [-0.1, -0.05) is 5.10 Å². The Bertz CT molecular complexity index is 591. The molecule has 2 rings (SSSR count). The van der Waals surface area contributed by atoms with Crippen LogP contribution >= 0.6 is 31.9 Å². The number of anilines is 1. The standard InChI is InChI=1S/C13H17Br2N5O/c1-4-20-13(17-18-19-20)16-7-9-5-10(14)12(11(15)6-9)21-8(2)3/h5-6,8H,4,7H2,1-3H3,(H,16,17,19). The van der Waals surface area contributed by atoms with Crippen LogP contribution in [0.15, 0.2) is 21.1 Å². The summed E-state index contributed by atoms with van der Waals surface area (Å²) in [5.74, 6) is 1.47. The van der Waals surface area contributed by atoms with Crippen LogP contribution in [-0.2, 0) is 13.1 Å². The minimum absolute atomic E-state index is 0.121. The monoisotopic (exact) mass is 417 g/mol. The normalized spacial score (nSPS) is 11.0. The second kappa shape index (κ2) is 7.22. The van der Waals surface area contributed by atoms with Gasteiger partial charge in [0.05, 0.1) is 15.0 Å². The van der Waals surface area contributed by atoms with Crippen LogP contribution in [0.25, 0.3) is 0 Å². The number of aromatic nitrogens is 4. The molecule has 114 valence electrons. The number of nitrogens with one attached hydrogen (secondary N) is 1. The van der Waals surface area contributed by atoms with E-state index >= 15 is 0 Å². The minimum atomic E-state index is 0.121. The van der Waals surface area contributed by atoms with Crippen LogP contribution in [-0.4, -0.2) is 26.3 Å². The molecule has 0 fully saturated rings. The highest BCUT2D eigenvalue weighted by Gasteiger charge is 2.11. The van der Waals surface area contributed by atoms with E-state index in [2.05, 4.69) is 52.7 Å². The summed E-state index contributed by atoms with van der Waals surface area (Å²) >= 11 is 7.09. The summed E-state index contributed by atoms with van der Waals surface area (Å²) in [5.41, 5.74) is 1.09. The van der Waals surface area contributed by atoms with E-state index in [4.69, 9.17) is 4.74 Å². The number of hydrogen-bond donors (Lipinski definition) is 1. The Kier molecular flexibility index (Phi) is 5.58. The molecule has 0 aliphatic heterocycles. The highest BCUT2D eigenvalue weighted by atomic mass is 79.9. The number of tetrazole rings is 1. The molecular weight excluding hydrogens is 402 g/mol. The summed E-state index contributed by atoms with van der Waals surface area (Å²) in [4.78, 5) is 0. The summed E-state index contributed by atoms with van der Waals surface area (Å²) < 4.78 is 9.30. The summed E-state index contributed by atoms with van der Waals surface area (Å²) in [6.45, 7) is 7.34. The molecule has 0 saturated heterocycles. The molecule has 0 aliphatic rings. The van der Waals surface area contributed by atoms with Gasteiger partial charge in [-0.2, -0.15) is 0 Å². The van der Waals surface area contributed by atoms with Crippen molar-refractivity contribution in [3.63, 3.8) is 0 Å². The summed E-state index contributed by atoms with van der Waals surface area (Å²) in [6.07, 6.45) is 0.121. The average Bonchev–Trinajstić information content (AvgIpc) is 2.87. The van der Waals surface area contributed by atoms with Gasteiger partial charge in [0.2, 0.25) is 5.95 Å². The van der Waals surface area contributed by atoms with E-state index < -0.39 is 0 Å². The second-order valence-corrected chi connectivity index (χ2v) is 6.44. The molecule has 8 heteroatoms. The SMILES string of the molecule is CCn1nnnc1NCc1cc(Br)c(OC(C)C)c(Br)c1. The van der Waals surface area contributed by atoms with Crippen molar-refractivity contribution in [1.82, 2.24) is 20.2 Å². The number of hydrogen-bond acceptors (Lipinski definition) is 5. The van der Waals surface area contributed by atoms with E-state index in [1.807, 2.05) is 32.9 Å². The highest BCUT2D eigenvalue weighted by molar-refractivity contribution is 9.11. The molecule has 0 aliphatic carbocycles. The van der Waals surface area contributed by atoms with Crippen molar-refractivity contribution in [3.8, 4) is 5.75 Å². The lowest BCUT2D eigenvalue weighted by Crippen LogP contribution is -2.09. The van der Waals surface area contributed by atoms with Crippen molar-refractivity contribution in [2.24, 2.45) is 0 Å². The zero-order valence-corrected chi connectivity index (χ0v) is 15.3. The fourth-order valence-corrected chi connectivity index (χ4v) is 3.26. The first-order chi connectivity index (χ1) is 10.0. The molecule has 0 radical (unpaired) electrons. The fourth-order valence-electron chi connectivity index (χ4n) is 1.79. The Morgan fingerprint density at radius 1 is 1.29 bits per heavy atom. The average molecular weight is 419 g/mol. The van der Waals surface area contributed by atoms with Gasteiger partial charge in [-0.05, 0) is 80.8 Å². The zero-order valence-electron chi connectivity index (χ0n) is 12.1. The molecule has 0 bridgehead atoms. The molecule has 1 heterocycles. The van der Waals surface area contributed by atoms with Crippen LogP contribution in [0.3, 0.4) is 0 Å². The molecular formula is C13H17Br2N5O. The molecule has 0 atom stereocenters. The van der Waals surface area contributed by atoms with Crippen molar-refractivity contribution in [2.75, 3.05) is 5.32 Å². The maximum atomic E-state index is 5.77. The van der Waals surface area contributed by atoms with Gasteiger partial charge >= 0.3 is 0 Å². The minimum Gasteiger partial charge on any atom is -0.489 e. The Hall–Kier alpha value is -1.15. The van der Waals surface area contributed by atoms with Crippen molar-refractivity contribution in [1.29, 1.82) is 0 Å². The summed E-state index contributed by atoms with van der Waals surface area (Å²) in [6, 6.07) is 4.05.